The molecule has 40 heavy (non-hydrogen) atoms. The summed E-state index contributed by atoms with van der Waals surface area (Å²) in [7, 11) is 0. The van der Waals surface area contributed by atoms with E-state index in [1.165, 1.54) is 11.1 Å². The monoisotopic (exact) mass is 554 g/mol. The first-order valence-corrected chi connectivity index (χ1v) is 13.5. The van der Waals surface area contributed by atoms with E-state index >= 15 is 0 Å². The minimum Gasteiger partial charge on any atom is -0.369 e. The number of rotatable bonds is 12. The Bertz CT molecular complexity index is 1230. The van der Waals surface area contributed by atoms with E-state index < -0.39 is 36.6 Å². The third kappa shape index (κ3) is 6.61. The standard InChI is InChI=1S/C28H35FN6O5/c1-3-17(2)24(34-23(36)16-40-12-10-29)27(38)33-21-8-7-19-5-4-6-20-13-22(35(25(19)20)28(21)39)26(37)30-14-18-9-11-31-32-15-18/h4-6,9,11,15,17,21-22,24H,3,7-8,10,12-14,16H2,1-2H3,(H,30,37)(H,33,38)(H,34,36)/t17-,21-,22-,24-/m0/s1. The zero-order chi connectivity index (χ0) is 28.6. The van der Waals surface area contributed by atoms with E-state index in [2.05, 4.69) is 26.1 Å². The Labute approximate surface area is 232 Å². The average molecular weight is 555 g/mol. The van der Waals surface area contributed by atoms with E-state index in [-0.39, 0.29) is 37.5 Å². The normalized spacial score (nSPS) is 19.3. The SMILES string of the molecule is CC[C@H](C)[C@H](NC(=O)COCCF)C(=O)N[C@H]1CCc2cccc3c2N(C1=O)[C@H](C(=O)NCc1ccnnc1)C3. The van der Waals surface area contributed by atoms with E-state index in [4.69, 9.17) is 4.74 Å². The second-order valence-electron chi connectivity index (χ2n) is 10.1. The van der Waals surface area contributed by atoms with Crippen LogP contribution in [0.25, 0.3) is 0 Å². The number of hydrogen-bond acceptors (Lipinski definition) is 7. The van der Waals surface area contributed by atoms with E-state index in [9.17, 15) is 23.6 Å². The van der Waals surface area contributed by atoms with E-state index in [0.717, 1.165) is 22.4 Å². The highest BCUT2D eigenvalue weighted by molar-refractivity contribution is 6.08. The molecule has 0 unspecified atom stereocenters. The highest BCUT2D eigenvalue weighted by Crippen LogP contribution is 2.39. The number of amides is 4. The third-order valence-corrected chi connectivity index (χ3v) is 7.40. The summed E-state index contributed by atoms with van der Waals surface area (Å²) in [6, 6.07) is 4.94. The second-order valence-corrected chi connectivity index (χ2v) is 10.1. The van der Waals surface area contributed by atoms with Crippen molar-refractivity contribution >= 4 is 29.3 Å². The van der Waals surface area contributed by atoms with Crippen molar-refractivity contribution in [2.24, 2.45) is 5.92 Å². The van der Waals surface area contributed by atoms with Gasteiger partial charge in [0.2, 0.25) is 23.6 Å². The molecule has 0 saturated heterocycles. The number of benzene rings is 1. The molecule has 0 radical (unpaired) electrons. The number of aromatic nitrogens is 2. The van der Waals surface area contributed by atoms with Crippen molar-refractivity contribution in [1.82, 2.24) is 26.1 Å². The van der Waals surface area contributed by atoms with Crippen LogP contribution >= 0.6 is 0 Å². The van der Waals surface area contributed by atoms with Gasteiger partial charge >= 0.3 is 0 Å². The summed E-state index contributed by atoms with van der Waals surface area (Å²) in [5.74, 6) is -1.95. The minimum atomic E-state index is -0.910. The maximum atomic E-state index is 13.9. The first kappa shape index (κ1) is 29.1. The van der Waals surface area contributed by atoms with Crippen molar-refractivity contribution in [2.45, 2.75) is 64.2 Å². The summed E-state index contributed by atoms with van der Waals surface area (Å²) in [5.41, 5.74) is 3.35. The second kappa shape index (κ2) is 13.4. The third-order valence-electron chi connectivity index (χ3n) is 7.40. The van der Waals surface area contributed by atoms with Crippen molar-refractivity contribution in [2.75, 3.05) is 24.8 Å². The molecule has 0 aliphatic carbocycles. The van der Waals surface area contributed by atoms with Gasteiger partial charge in [0.05, 0.1) is 18.5 Å². The average Bonchev–Trinajstić information content (AvgIpc) is 3.30. The van der Waals surface area contributed by atoms with Gasteiger partial charge in [-0.1, -0.05) is 38.5 Å². The minimum absolute atomic E-state index is 0.212. The molecule has 0 saturated carbocycles. The lowest BCUT2D eigenvalue weighted by Gasteiger charge is -2.30. The lowest BCUT2D eigenvalue weighted by molar-refractivity contribution is -0.134. The maximum Gasteiger partial charge on any atom is 0.250 e. The molecule has 3 heterocycles. The molecule has 4 atom stereocenters. The van der Waals surface area contributed by atoms with Gasteiger partial charge in [0, 0.05) is 19.2 Å². The molecule has 2 aliphatic rings. The Hall–Kier alpha value is -3.93. The van der Waals surface area contributed by atoms with Crippen molar-refractivity contribution < 1.29 is 28.3 Å². The molecule has 4 amide bonds. The summed E-state index contributed by atoms with van der Waals surface area (Å²) in [6.45, 7) is 2.65. The van der Waals surface area contributed by atoms with E-state index in [1.54, 1.807) is 12.3 Å². The fourth-order valence-corrected chi connectivity index (χ4v) is 5.10. The number of carbonyl (C=O) groups is 4. The summed E-state index contributed by atoms with van der Waals surface area (Å²) in [6.07, 6.45) is 4.93. The van der Waals surface area contributed by atoms with E-state index in [1.807, 2.05) is 32.0 Å². The maximum absolute atomic E-state index is 13.9. The lowest BCUT2D eigenvalue weighted by Crippen LogP contribution is -2.58. The van der Waals surface area contributed by atoms with Crippen LogP contribution in [0.1, 0.15) is 43.4 Å². The molecule has 214 valence electrons. The zero-order valence-electron chi connectivity index (χ0n) is 22.7. The van der Waals surface area contributed by atoms with Crippen LogP contribution in [0.2, 0.25) is 0 Å². The highest BCUT2D eigenvalue weighted by Gasteiger charge is 2.44. The van der Waals surface area contributed by atoms with Gasteiger partial charge in [-0.25, -0.2) is 4.39 Å². The number of nitrogens with zero attached hydrogens (tertiary/aromatic N) is 3. The predicted octanol–water partition coefficient (Wildman–Crippen LogP) is 0.999. The van der Waals surface area contributed by atoms with Crippen molar-refractivity contribution in [3.05, 3.63) is 53.3 Å². The van der Waals surface area contributed by atoms with Crippen LogP contribution in [-0.4, -0.2) is 71.8 Å². The van der Waals surface area contributed by atoms with Crippen LogP contribution in [0, 0.1) is 5.92 Å². The number of ether oxygens (including phenoxy) is 1. The lowest BCUT2D eigenvalue weighted by atomic mass is 9.97. The number of anilines is 1. The van der Waals surface area contributed by atoms with Crippen LogP contribution in [0.3, 0.4) is 0 Å². The van der Waals surface area contributed by atoms with Crippen LogP contribution in [0.15, 0.2) is 36.7 Å². The van der Waals surface area contributed by atoms with Gasteiger partial charge < -0.3 is 20.7 Å². The molecule has 3 N–H and O–H groups in total. The molecule has 1 aromatic heterocycles. The summed E-state index contributed by atoms with van der Waals surface area (Å²) < 4.78 is 17.3. The molecule has 11 nitrogen and oxygen atoms in total. The molecular weight excluding hydrogens is 519 g/mol. The van der Waals surface area contributed by atoms with E-state index in [0.29, 0.717) is 25.7 Å². The van der Waals surface area contributed by atoms with Gasteiger partial charge in [-0.05, 0) is 41.5 Å². The summed E-state index contributed by atoms with van der Waals surface area (Å²) >= 11 is 0. The van der Waals surface area contributed by atoms with Gasteiger partial charge in [-0.15, -0.1) is 0 Å². The molecule has 1 aromatic carbocycles. The van der Waals surface area contributed by atoms with Crippen molar-refractivity contribution in [3.8, 4) is 0 Å². The van der Waals surface area contributed by atoms with Gasteiger partial charge in [0.1, 0.15) is 31.4 Å². The van der Waals surface area contributed by atoms with Crippen molar-refractivity contribution in [1.29, 1.82) is 0 Å². The smallest absolute Gasteiger partial charge is 0.250 e. The Morgan fingerprint density at radius 3 is 2.73 bits per heavy atom. The fraction of sp³-hybridized carbons (Fsp3) is 0.500. The van der Waals surface area contributed by atoms with Crippen LogP contribution in [0.4, 0.5) is 10.1 Å². The fourth-order valence-electron chi connectivity index (χ4n) is 5.10. The Morgan fingerprint density at radius 1 is 1.20 bits per heavy atom. The molecule has 4 rings (SSSR count). The number of nitrogens with one attached hydrogen (secondary N) is 3. The molecular formula is C28H35FN6O5. The quantitative estimate of drug-likeness (QED) is 0.332. The predicted molar refractivity (Wildman–Crippen MR) is 144 cm³/mol. The Kier molecular flexibility index (Phi) is 9.75. The zero-order valence-corrected chi connectivity index (χ0v) is 22.7. The highest BCUT2D eigenvalue weighted by atomic mass is 19.1. The van der Waals surface area contributed by atoms with Crippen LogP contribution in [-0.2, 0) is 43.3 Å². The van der Waals surface area contributed by atoms with Gasteiger partial charge in [0.15, 0.2) is 0 Å². The van der Waals surface area contributed by atoms with Gasteiger partial charge in [0.25, 0.3) is 0 Å². The number of carbonyl (C=O) groups excluding carboxylic acids is 4. The molecule has 2 aromatic rings. The number of aryl methyl sites for hydroxylation is 1. The molecule has 12 heteroatoms. The summed E-state index contributed by atoms with van der Waals surface area (Å²) in [5, 5.41) is 16.0. The number of para-hydroxylation sites is 1. The first-order chi connectivity index (χ1) is 19.3. The van der Waals surface area contributed by atoms with Gasteiger partial charge in [-0.3, -0.25) is 24.1 Å². The largest absolute Gasteiger partial charge is 0.369 e. The number of hydrogen-bond donors (Lipinski definition) is 3. The Morgan fingerprint density at radius 2 is 2.00 bits per heavy atom. The van der Waals surface area contributed by atoms with Crippen molar-refractivity contribution in [3.63, 3.8) is 0 Å². The van der Waals surface area contributed by atoms with Crippen LogP contribution < -0.4 is 20.9 Å². The first-order valence-electron chi connectivity index (χ1n) is 13.5. The molecule has 0 fully saturated rings. The molecule has 2 aliphatic heterocycles. The number of alkyl halides is 1. The Balaban J connectivity index is 1.50. The topological polar surface area (TPSA) is 143 Å². The number of halogens is 1. The summed E-state index contributed by atoms with van der Waals surface area (Å²) in [4.78, 5) is 54.5. The molecule has 0 bridgehead atoms. The van der Waals surface area contributed by atoms with Gasteiger partial charge in [-0.2, -0.15) is 10.2 Å². The van der Waals surface area contributed by atoms with Crippen LogP contribution in [0.5, 0.6) is 0 Å². The molecule has 0 spiro atoms.